The first-order valence-corrected chi connectivity index (χ1v) is 6.87. The molecular weight excluding hydrogens is 228 g/mol. The topological polar surface area (TPSA) is 24.9 Å². The Labute approximate surface area is 107 Å². The molecule has 0 aliphatic heterocycles. The highest BCUT2D eigenvalue weighted by atomic mass is 32.1. The van der Waals surface area contributed by atoms with Gasteiger partial charge < -0.3 is 5.32 Å². The highest BCUT2D eigenvalue weighted by Gasteiger charge is 2.05. The van der Waals surface area contributed by atoms with Crippen LogP contribution >= 0.6 is 11.3 Å². The number of hydrogen-bond donors (Lipinski definition) is 1. The van der Waals surface area contributed by atoms with Crippen molar-refractivity contribution in [3.8, 4) is 0 Å². The summed E-state index contributed by atoms with van der Waals surface area (Å²) in [5.41, 5.74) is 4.60. The Kier molecular flexibility index (Phi) is 4.29. The molecule has 0 aliphatic carbocycles. The molecule has 0 aliphatic rings. The summed E-state index contributed by atoms with van der Waals surface area (Å²) in [5.74, 6) is 0. The zero-order chi connectivity index (χ0) is 12.1. The highest BCUT2D eigenvalue weighted by Crippen LogP contribution is 2.15. The summed E-state index contributed by atoms with van der Waals surface area (Å²) < 4.78 is 0. The van der Waals surface area contributed by atoms with Crippen LogP contribution in [0.4, 0.5) is 0 Å². The molecule has 17 heavy (non-hydrogen) atoms. The van der Waals surface area contributed by atoms with E-state index < -0.39 is 0 Å². The highest BCUT2D eigenvalue weighted by molar-refractivity contribution is 7.09. The number of hydrogen-bond acceptors (Lipinski definition) is 3. The van der Waals surface area contributed by atoms with Crippen molar-refractivity contribution in [3.63, 3.8) is 0 Å². The van der Waals surface area contributed by atoms with E-state index >= 15 is 0 Å². The molecule has 2 rings (SSSR count). The van der Waals surface area contributed by atoms with Gasteiger partial charge in [0, 0.05) is 23.7 Å². The van der Waals surface area contributed by atoms with E-state index in [1.165, 1.54) is 16.0 Å². The van der Waals surface area contributed by atoms with Crippen LogP contribution in [0.25, 0.3) is 0 Å². The largest absolute Gasteiger partial charge is 0.305 e. The van der Waals surface area contributed by atoms with Gasteiger partial charge in [-0.3, -0.25) is 4.98 Å². The van der Waals surface area contributed by atoms with Crippen LogP contribution in [0.15, 0.2) is 36.0 Å². The number of nitrogens with zero attached hydrogens (tertiary/aromatic N) is 1. The van der Waals surface area contributed by atoms with Gasteiger partial charge in [-0.15, -0.1) is 11.3 Å². The van der Waals surface area contributed by atoms with E-state index in [2.05, 4.69) is 48.4 Å². The second kappa shape index (κ2) is 5.94. The zero-order valence-corrected chi connectivity index (χ0v) is 11.1. The molecule has 0 saturated carbocycles. The Morgan fingerprint density at radius 1 is 1.29 bits per heavy atom. The molecule has 1 heterocycles. The first kappa shape index (κ1) is 12.3. The maximum Gasteiger partial charge on any atom is 0.0794 e. The van der Waals surface area contributed by atoms with Gasteiger partial charge in [0.1, 0.15) is 0 Å². The molecule has 1 unspecified atom stereocenters. The van der Waals surface area contributed by atoms with E-state index in [1.54, 1.807) is 11.3 Å². The molecule has 0 fully saturated rings. The predicted octanol–water partition coefficient (Wildman–Crippen LogP) is 3.56. The number of aromatic nitrogens is 1. The molecule has 1 aromatic carbocycles. The molecule has 2 nitrogen and oxygen atoms in total. The molecule has 3 heteroatoms. The van der Waals surface area contributed by atoms with Gasteiger partial charge in [-0.05, 0) is 24.5 Å². The minimum Gasteiger partial charge on any atom is -0.305 e. The van der Waals surface area contributed by atoms with Crippen LogP contribution in [0.2, 0.25) is 0 Å². The minimum absolute atomic E-state index is 0.378. The van der Waals surface area contributed by atoms with Gasteiger partial charge in [0.05, 0.1) is 5.51 Å². The van der Waals surface area contributed by atoms with Gasteiger partial charge >= 0.3 is 0 Å². The van der Waals surface area contributed by atoms with Crippen LogP contribution in [-0.2, 0) is 13.0 Å². The van der Waals surface area contributed by atoms with Crippen LogP contribution in [-0.4, -0.2) is 4.98 Å². The summed E-state index contributed by atoms with van der Waals surface area (Å²) in [4.78, 5) is 5.35. The van der Waals surface area contributed by atoms with Crippen LogP contribution in [0, 0.1) is 0 Å². The van der Waals surface area contributed by atoms with Gasteiger partial charge in [-0.1, -0.05) is 31.2 Å². The Hall–Kier alpha value is -1.19. The number of aryl methyl sites for hydroxylation is 1. The molecular formula is C14H18N2S. The predicted molar refractivity (Wildman–Crippen MR) is 73.2 cm³/mol. The lowest BCUT2D eigenvalue weighted by Crippen LogP contribution is -2.17. The smallest absolute Gasteiger partial charge is 0.0794 e. The summed E-state index contributed by atoms with van der Waals surface area (Å²) in [7, 11) is 0. The van der Waals surface area contributed by atoms with Gasteiger partial charge in [0.15, 0.2) is 0 Å². The third-order valence-electron chi connectivity index (χ3n) is 2.95. The number of thiazole rings is 1. The summed E-state index contributed by atoms with van der Waals surface area (Å²) in [6.45, 7) is 5.27. The van der Waals surface area contributed by atoms with Crippen molar-refractivity contribution in [2.75, 3.05) is 0 Å². The van der Waals surface area contributed by atoms with E-state index in [9.17, 15) is 0 Å². The molecule has 1 N–H and O–H groups in total. The molecule has 1 aromatic heterocycles. The maximum absolute atomic E-state index is 4.07. The number of benzene rings is 1. The van der Waals surface area contributed by atoms with E-state index in [0.29, 0.717) is 6.04 Å². The lowest BCUT2D eigenvalue weighted by atomic mass is 10.1. The quantitative estimate of drug-likeness (QED) is 0.872. The van der Waals surface area contributed by atoms with Gasteiger partial charge in [-0.25, -0.2) is 0 Å². The third kappa shape index (κ3) is 3.38. The van der Waals surface area contributed by atoms with Gasteiger partial charge in [0.25, 0.3) is 0 Å². The summed E-state index contributed by atoms with van der Waals surface area (Å²) in [5, 5.41) is 3.51. The third-order valence-corrected chi connectivity index (χ3v) is 3.73. The first-order chi connectivity index (χ1) is 8.29. The second-order valence-corrected chi connectivity index (χ2v) is 5.14. The summed E-state index contributed by atoms with van der Waals surface area (Å²) in [6.07, 6.45) is 3.02. The van der Waals surface area contributed by atoms with E-state index in [1.807, 2.05) is 11.7 Å². The number of nitrogens with one attached hydrogen (secondary N) is 1. The van der Waals surface area contributed by atoms with Crippen molar-refractivity contribution in [3.05, 3.63) is 52.0 Å². The Bertz CT molecular complexity index is 434. The molecule has 0 bridgehead atoms. The number of rotatable bonds is 5. The fourth-order valence-corrected chi connectivity index (χ4v) is 2.29. The minimum atomic E-state index is 0.378. The van der Waals surface area contributed by atoms with Crippen molar-refractivity contribution >= 4 is 11.3 Å². The van der Waals surface area contributed by atoms with Crippen LogP contribution < -0.4 is 5.32 Å². The first-order valence-electron chi connectivity index (χ1n) is 5.99. The fraction of sp³-hybridized carbons (Fsp3) is 0.357. The van der Waals surface area contributed by atoms with Gasteiger partial charge in [-0.2, -0.15) is 0 Å². The standard InChI is InChI=1S/C14H18N2S/c1-3-12-4-6-13(7-5-12)11(2)16-9-14-8-15-10-17-14/h4-8,10-11,16H,3,9H2,1-2H3. The van der Waals surface area contributed by atoms with Crippen molar-refractivity contribution in [2.24, 2.45) is 0 Å². The second-order valence-electron chi connectivity index (χ2n) is 4.17. The molecule has 0 spiro atoms. The van der Waals surface area contributed by atoms with E-state index in [0.717, 1.165) is 13.0 Å². The lowest BCUT2D eigenvalue weighted by molar-refractivity contribution is 0.578. The maximum atomic E-state index is 4.07. The van der Waals surface area contributed by atoms with Crippen LogP contribution in [0.3, 0.4) is 0 Å². The average molecular weight is 246 g/mol. The molecule has 1 atom stereocenters. The monoisotopic (exact) mass is 246 g/mol. The Balaban J connectivity index is 1.92. The zero-order valence-electron chi connectivity index (χ0n) is 10.3. The molecule has 2 aromatic rings. The Morgan fingerprint density at radius 3 is 2.65 bits per heavy atom. The molecule has 90 valence electrons. The van der Waals surface area contributed by atoms with E-state index in [4.69, 9.17) is 0 Å². The van der Waals surface area contributed by atoms with E-state index in [-0.39, 0.29) is 0 Å². The van der Waals surface area contributed by atoms with Crippen molar-refractivity contribution in [1.82, 2.24) is 10.3 Å². The summed E-state index contributed by atoms with van der Waals surface area (Å²) in [6, 6.07) is 9.22. The van der Waals surface area contributed by atoms with Crippen molar-refractivity contribution in [1.29, 1.82) is 0 Å². The molecule has 0 radical (unpaired) electrons. The lowest BCUT2D eigenvalue weighted by Gasteiger charge is -2.13. The Morgan fingerprint density at radius 2 is 2.06 bits per heavy atom. The normalized spacial score (nSPS) is 12.6. The molecule has 0 saturated heterocycles. The molecule has 0 amide bonds. The fourth-order valence-electron chi connectivity index (χ4n) is 1.74. The van der Waals surface area contributed by atoms with Crippen molar-refractivity contribution in [2.45, 2.75) is 32.9 Å². The van der Waals surface area contributed by atoms with Crippen LogP contribution in [0.1, 0.15) is 35.9 Å². The SMILES string of the molecule is CCc1ccc(C(C)NCc2cncs2)cc1. The van der Waals surface area contributed by atoms with Gasteiger partial charge in [0.2, 0.25) is 0 Å². The van der Waals surface area contributed by atoms with Crippen LogP contribution in [0.5, 0.6) is 0 Å². The van der Waals surface area contributed by atoms with Crippen molar-refractivity contribution < 1.29 is 0 Å². The summed E-state index contributed by atoms with van der Waals surface area (Å²) >= 11 is 1.69. The average Bonchev–Trinajstić information content (AvgIpc) is 2.89.